The molecule has 2 atom stereocenters. The van der Waals surface area contributed by atoms with Gasteiger partial charge < -0.3 is 20.3 Å². The Bertz CT molecular complexity index is 201. The summed E-state index contributed by atoms with van der Waals surface area (Å²) in [5, 5.41) is 20.9. The van der Waals surface area contributed by atoms with Gasteiger partial charge in [0.05, 0.1) is 18.8 Å². The first-order valence-electron chi connectivity index (χ1n) is 6.06. The number of rotatable bonds is 8. The standard InChI is InChI=1S/C11H21F2NO3/c12-11(13)10(16)6-14-5-8(15)7-17-9-3-1-2-4-9/h8-11,14-16H,1-7H2. The summed E-state index contributed by atoms with van der Waals surface area (Å²) in [5.74, 6) is 0. The highest BCUT2D eigenvalue weighted by atomic mass is 19.3. The predicted molar refractivity (Wildman–Crippen MR) is 59.1 cm³/mol. The van der Waals surface area contributed by atoms with E-state index < -0.39 is 18.6 Å². The Balaban J connectivity index is 1.98. The summed E-state index contributed by atoms with van der Waals surface area (Å²) >= 11 is 0. The van der Waals surface area contributed by atoms with Gasteiger partial charge in [-0.15, -0.1) is 0 Å². The van der Waals surface area contributed by atoms with Crippen molar-refractivity contribution in [2.45, 2.75) is 50.4 Å². The van der Waals surface area contributed by atoms with Crippen molar-refractivity contribution in [1.29, 1.82) is 0 Å². The third-order valence-electron chi connectivity index (χ3n) is 2.85. The van der Waals surface area contributed by atoms with Gasteiger partial charge in [0.15, 0.2) is 0 Å². The number of hydrogen-bond donors (Lipinski definition) is 3. The average molecular weight is 253 g/mol. The molecule has 1 aliphatic rings. The van der Waals surface area contributed by atoms with E-state index in [-0.39, 0.29) is 25.8 Å². The van der Waals surface area contributed by atoms with Gasteiger partial charge in [-0.05, 0) is 12.8 Å². The lowest BCUT2D eigenvalue weighted by Crippen LogP contribution is -2.38. The van der Waals surface area contributed by atoms with E-state index in [1.54, 1.807) is 0 Å². The van der Waals surface area contributed by atoms with E-state index in [4.69, 9.17) is 9.84 Å². The second-order valence-electron chi connectivity index (χ2n) is 4.45. The molecule has 0 heterocycles. The quantitative estimate of drug-likeness (QED) is 0.590. The van der Waals surface area contributed by atoms with E-state index in [1.165, 1.54) is 12.8 Å². The minimum absolute atomic E-state index is 0.149. The highest BCUT2D eigenvalue weighted by Gasteiger charge is 2.18. The predicted octanol–water partition coefficient (Wildman–Crippen LogP) is 0.522. The first-order chi connectivity index (χ1) is 8.09. The van der Waals surface area contributed by atoms with Crippen molar-refractivity contribution in [1.82, 2.24) is 5.32 Å². The number of aliphatic hydroxyl groups is 2. The molecule has 0 aromatic rings. The number of alkyl halides is 2. The van der Waals surface area contributed by atoms with Crippen molar-refractivity contribution in [3.63, 3.8) is 0 Å². The number of hydrogen-bond acceptors (Lipinski definition) is 4. The average Bonchev–Trinajstić information content (AvgIpc) is 2.78. The van der Waals surface area contributed by atoms with Crippen molar-refractivity contribution in [3.05, 3.63) is 0 Å². The van der Waals surface area contributed by atoms with Gasteiger partial charge >= 0.3 is 0 Å². The minimum atomic E-state index is -2.76. The van der Waals surface area contributed by atoms with E-state index in [0.29, 0.717) is 0 Å². The fourth-order valence-electron chi connectivity index (χ4n) is 1.85. The van der Waals surface area contributed by atoms with Gasteiger partial charge in [-0.1, -0.05) is 12.8 Å². The van der Waals surface area contributed by atoms with E-state index in [0.717, 1.165) is 12.8 Å². The van der Waals surface area contributed by atoms with E-state index >= 15 is 0 Å². The van der Waals surface area contributed by atoms with Crippen molar-refractivity contribution in [2.24, 2.45) is 0 Å². The molecule has 1 fully saturated rings. The second kappa shape index (κ2) is 7.92. The van der Waals surface area contributed by atoms with Crippen LogP contribution in [0.15, 0.2) is 0 Å². The molecule has 2 unspecified atom stereocenters. The van der Waals surface area contributed by atoms with Crippen molar-refractivity contribution < 1.29 is 23.7 Å². The molecule has 0 aromatic heterocycles. The Kier molecular flexibility index (Phi) is 6.87. The van der Waals surface area contributed by atoms with Gasteiger partial charge in [0, 0.05) is 13.1 Å². The maximum atomic E-state index is 11.9. The van der Waals surface area contributed by atoms with E-state index in [9.17, 15) is 13.9 Å². The number of nitrogens with one attached hydrogen (secondary N) is 1. The molecule has 6 heteroatoms. The van der Waals surface area contributed by atoms with Gasteiger partial charge in [-0.2, -0.15) is 0 Å². The second-order valence-corrected chi connectivity index (χ2v) is 4.45. The zero-order chi connectivity index (χ0) is 12.7. The number of halogens is 2. The topological polar surface area (TPSA) is 61.7 Å². The van der Waals surface area contributed by atoms with Crippen LogP contribution in [0.1, 0.15) is 25.7 Å². The van der Waals surface area contributed by atoms with E-state index in [2.05, 4.69) is 5.32 Å². The van der Waals surface area contributed by atoms with Gasteiger partial charge in [0.2, 0.25) is 0 Å². The minimum Gasteiger partial charge on any atom is -0.389 e. The molecule has 0 aromatic carbocycles. The molecule has 0 spiro atoms. The molecule has 0 amide bonds. The van der Waals surface area contributed by atoms with Crippen molar-refractivity contribution >= 4 is 0 Å². The summed E-state index contributed by atoms with van der Waals surface area (Å²) in [6.07, 6.45) is -0.530. The van der Waals surface area contributed by atoms with Crippen LogP contribution >= 0.6 is 0 Å². The van der Waals surface area contributed by atoms with Gasteiger partial charge in [0.1, 0.15) is 6.10 Å². The Morgan fingerprint density at radius 1 is 1.18 bits per heavy atom. The van der Waals surface area contributed by atoms with Crippen LogP contribution in [0.4, 0.5) is 8.78 Å². The third kappa shape index (κ3) is 6.26. The monoisotopic (exact) mass is 253 g/mol. The zero-order valence-electron chi connectivity index (χ0n) is 9.82. The molecule has 1 aliphatic carbocycles. The van der Waals surface area contributed by atoms with Gasteiger partial charge in [-0.25, -0.2) is 8.78 Å². The SMILES string of the molecule is OC(CNCC(O)C(F)F)COC1CCCC1. The Morgan fingerprint density at radius 2 is 1.82 bits per heavy atom. The lowest BCUT2D eigenvalue weighted by molar-refractivity contribution is -0.0162. The molecule has 102 valence electrons. The van der Waals surface area contributed by atoms with Crippen LogP contribution in [-0.4, -0.2) is 54.6 Å². The molecule has 1 saturated carbocycles. The van der Waals surface area contributed by atoms with Crippen LogP contribution in [0.5, 0.6) is 0 Å². The third-order valence-corrected chi connectivity index (χ3v) is 2.85. The molecule has 0 saturated heterocycles. The summed E-state index contributed by atoms with van der Waals surface area (Å²) in [6, 6.07) is 0. The molecule has 4 nitrogen and oxygen atoms in total. The molecule has 3 N–H and O–H groups in total. The summed E-state index contributed by atoms with van der Waals surface area (Å²) in [7, 11) is 0. The van der Waals surface area contributed by atoms with Crippen molar-refractivity contribution in [2.75, 3.05) is 19.7 Å². The number of aliphatic hydroxyl groups excluding tert-OH is 2. The maximum Gasteiger partial charge on any atom is 0.265 e. The highest BCUT2D eigenvalue weighted by Crippen LogP contribution is 2.20. The maximum absolute atomic E-state index is 11.9. The summed E-state index contributed by atoms with van der Waals surface area (Å²) in [4.78, 5) is 0. The summed E-state index contributed by atoms with van der Waals surface area (Å²) in [5.41, 5.74) is 0. The van der Waals surface area contributed by atoms with Crippen LogP contribution in [0.2, 0.25) is 0 Å². The van der Waals surface area contributed by atoms with E-state index in [1.807, 2.05) is 0 Å². The molecular formula is C11H21F2NO3. The Morgan fingerprint density at radius 3 is 2.41 bits per heavy atom. The molecule has 1 rings (SSSR count). The smallest absolute Gasteiger partial charge is 0.265 e. The largest absolute Gasteiger partial charge is 0.389 e. The first kappa shape index (κ1) is 14.8. The Labute approximate surface area is 100.0 Å². The van der Waals surface area contributed by atoms with Crippen LogP contribution in [0.25, 0.3) is 0 Å². The fourth-order valence-corrected chi connectivity index (χ4v) is 1.85. The van der Waals surface area contributed by atoms with Crippen LogP contribution in [0.3, 0.4) is 0 Å². The normalized spacial score (nSPS) is 21.0. The fraction of sp³-hybridized carbons (Fsp3) is 1.00. The van der Waals surface area contributed by atoms with Gasteiger partial charge in [-0.3, -0.25) is 0 Å². The number of ether oxygens (including phenoxy) is 1. The van der Waals surface area contributed by atoms with Crippen LogP contribution in [-0.2, 0) is 4.74 Å². The van der Waals surface area contributed by atoms with Crippen LogP contribution in [0, 0.1) is 0 Å². The molecule has 17 heavy (non-hydrogen) atoms. The summed E-state index contributed by atoms with van der Waals surface area (Å²) in [6.45, 7) is 0.136. The van der Waals surface area contributed by atoms with Gasteiger partial charge in [0.25, 0.3) is 6.43 Å². The first-order valence-corrected chi connectivity index (χ1v) is 6.06. The highest BCUT2D eigenvalue weighted by molar-refractivity contribution is 4.69. The molecule has 0 radical (unpaired) electrons. The van der Waals surface area contributed by atoms with Crippen molar-refractivity contribution in [3.8, 4) is 0 Å². The summed E-state index contributed by atoms with van der Waals surface area (Å²) < 4.78 is 29.3. The lowest BCUT2D eigenvalue weighted by Gasteiger charge is -2.17. The Hall–Kier alpha value is -0.300. The van der Waals surface area contributed by atoms with Crippen LogP contribution < -0.4 is 5.32 Å². The lowest BCUT2D eigenvalue weighted by atomic mass is 10.3. The molecular weight excluding hydrogens is 232 g/mol. The molecule has 0 aliphatic heterocycles. The molecule has 0 bridgehead atoms. The zero-order valence-corrected chi connectivity index (χ0v) is 9.82.